The van der Waals surface area contributed by atoms with Crippen molar-refractivity contribution in [3.63, 3.8) is 0 Å². The van der Waals surface area contributed by atoms with Gasteiger partial charge in [-0.15, -0.1) is 0 Å². The Morgan fingerprint density at radius 2 is 2.38 bits per heavy atom. The van der Waals surface area contributed by atoms with Gasteiger partial charge in [0.2, 0.25) is 0 Å². The van der Waals surface area contributed by atoms with Gasteiger partial charge in [0, 0.05) is 26.2 Å². The molecule has 0 radical (unpaired) electrons. The van der Waals surface area contributed by atoms with Crippen molar-refractivity contribution in [3.8, 4) is 0 Å². The zero-order valence-electron chi connectivity index (χ0n) is 13.0. The normalized spacial score (nSPS) is 21.2. The average Bonchev–Trinajstić information content (AvgIpc) is 2.78. The molecule has 4 N–H and O–H groups in total. The monoisotopic (exact) mass is 362 g/mol. The van der Waals surface area contributed by atoms with Crippen molar-refractivity contribution >= 4 is 23.5 Å². The Balaban J connectivity index is 1.97. The van der Waals surface area contributed by atoms with Gasteiger partial charge < -0.3 is 25.6 Å². The lowest BCUT2D eigenvalue weighted by molar-refractivity contribution is -0.389. The van der Waals surface area contributed by atoms with Gasteiger partial charge in [-0.05, 0) is 28.4 Å². The molecule has 1 aromatic heterocycles. The molecule has 0 aromatic carbocycles. The summed E-state index contributed by atoms with van der Waals surface area (Å²) in [5, 5.41) is 35.3. The third-order valence-corrected chi connectivity index (χ3v) is 3.84. The van der Waals surface area contributed by atoms with E-state index in [9.17, 15) is 20.0 Å². The maximum Gasteiger partial charge on any atom is 0.405 e. The number of halogens is 1. The predicted octanol–water partition coefficient (Wildman–Crippen LogP) is -0.305. The van der Waals surface area contributed by atoms with E-state index < -0.39 is 22.8 Å². The average molecular weight is 363 g/mol. The van der Waals surface area contributed by atoms with Gasteiger partial charge in [0.25, 0.3) is 0 Å². The summed E-state index contributed by atoms with van der Waals surface area (Å²) in [4.78, 5) is 26.3. The van der Waals surface area contributed by atoms with E-state index in [-0.39, 0.29) is 24.2 Å². The summed E-state index contributed by atoms with van der Waals surface area (Å²) in [7, 11) is 0. The first-order valence-electron chi connectivity index (χ1n) is 7.21. The van der Waals surface area contributed by atoms with Crippen LogP contribution in [0.1, 0.15) is 6.92 Å². The molecule has 1 amide bonds. The van der Waals surface area contributed by atoms with Crippen LogP contribution in [0.4, 0.5) is 10.6 Å². The maximum absolute atomic E-state index is 10.7. The number of hydrogen-bond donors (Lipinski definition) is 4. The van der Waals surface area contributed by atoms with E-state index in [1.165, 1.54) is 10.8 Å². The lowest BCUT2D eigenvalue weighted by Gasteiger charge is -2.37. The number of amides is 1. The zero-order valence-corrected chi connectivity index (χ0v) is 13.7. The highest BCUT2D eigenvalue weighted by atomic mass is 35.5. The van der Waals surface area contributed by atoms with Gasteiger partial charge >= 0.3 is 17.2 Å². The van der Waals surface area contributed by atoms with Crippen LogP contribution in [-0.4, -0.2) is 73.6 Å². The maximum atomic E-state index is 10.7. The van der Waals surface area contributed by atoms with Crippen LogP contribution in [-0.2, 0) is 6.54 Å². The van der Waals surface area contributed by atoms with E-state index >= 15 is 0 Å². The Morgan fingerprint density at radius 1 is 1.67 bits per heavy atom. The molecule has 0 aliphatic carbocycles. The fraction of sp³-hybridized carbons (Fsp3) is 0.667. The van der Waals surface area contributed by atoms with Gasteiger partial charge in [0.15, 0.2) is 0 Å². The molecule has 134 valence electrons. The van der Waals surface area contributed by atoms with Crippen LogP contribution in [0.5, 0.6) is 0 Å². The molecule has 1 unspecified atom stereocenters. The van der Waals surface area contributed by atoms with Crippen LogP contribution in [0, 0.1) is 10.1 Å². The van der Waals surface area contributed by atoms with Gasteiger partial charge in [0.1, 0.15) is 6.20 Å². The van der Waals surface area contributed by atoms with Gasteiger partial charge in [-0.2, -0.15) is 0 Å². The number of aliphatic hydroxyl groups is 1. The molecular weight excluding hydrogens is 344 g/mol. The summed E-state index contributed by atoms with van der Waals surface area (Å²) in [5.41, 5.74) is -1.23. The highest BCUT2D eigenvalue weighted by Crippen LogP contribution is 2.19. The van der Waals surface area contributed by atoms with E-state index in [1.54, 1.807) is 6.92 Å². The summed E-state index contributed by atoms with van der Waals surface area (Å²) >= 11 is 5.86. The van der Waals surface area contributed by atoms with E-state index in [0.29, 0.717) is 19.6 Å². The lowest BCUT2D eigenvalue weighted by Crippen LogP contribution is -2.60. The summed E-state index contributed by atoms with van der Waals surface area (Å²) in [6.07, 6.45) is -0.382. The van der Waals surface area contributed by atoms with Crippen molar-refractivity contribution in [1.82, 2.24) is 25.1 Å². The fourth-order valence-corrected chi connectivity index (χ4v) is 2.87. The molecule has 1 aromatic rings. The standard InChI is InChI=1S/C12H19ClN6O5/c1-12(22,7-18-5-9(19(23)24)16-10(18)13)6-17-3-2-14-8(4-17)15-11(20)21/h5,8,14-15,22H,2-4,6-7H2,1H3,(H,20,21)/t8?,12-/m0/s1. The SMILES string of the molecule is C[C@](O)(CN1CCNC(NC(=O)O)C1)Cn1cc([N+](=O)[O-])nc1Cl. The molecule has 1 fully saturated rings. The highest BCUT2D eigenvalue weighted by molar-refractivity contribution is 6.28. The number of carboxylic acid groups (broad SMARTS) is 1. The number of β-amino-alcohol motifs (C(OH)–C–C–N with tert-alkyl or cyclic N) is 1. The molecule has 1 aliphatic heterocycles. The van der Waals surface area contributed by atoms with E-state index in [2.05, 4.69) is 15.6 Å². The Kier molecular flexibility index (Phi) is 5.59. The second-order valence-electron chi connectivity index (χ2n) is 5.94. The summed E-state index contributed by atoms with van der Waals surface area (Å²) in [6.45, 7) is 3.43. The number of nitro groups is 1. The van der Waals surface area contributed by atoms with Crippen LogP contribution in [0.15, 0.2) is 6.20 Å². The van der Waals surface area contributed by atoms with Crippen LogP contribution in [0.2, 0.25) is 5.28 Å². The van der Waals surface area contributed by atoms with Crippen molar-refractivity contribution in [3.05, 3.63) is 21.6 Å². The van der Waals surface area contributed by atoms with Crippen molar-refractivity contribution in [1.29, 1.82) is 0 Å². The zero-order chi connectivity index (χ0) is 17.9. The molecule has 2 rings (SSSR count). The fourth-order valence-electron chi connectivity index (χ4n) is 2.68. The molecule has 1 aliphatic rings. The lowest BCUT2D eigenvalue weighted by atomic mass is 10.1. The smallest absolute Gasteiger partial charge is 0.405 e. The van der Waals surface area contributed by atoms with Crippen molar-refractivity contribution in [2.45, 2.75) is 25.2 Å². The molecule has 11 nitrogen and oxygen atoms in total. The minimum atomic E-state index is -1.23. The third-order valence-electron chi connectivity index (χ3n) is 3.53. The minimum Gasteiger partial charge on any atom is -0.465 e. The predicted molar refractivity (Wildman–Crippen MR) is 83.9 cm³/mol. The molecule has 0 saturated carbocycles. The van der Waals surface area contributed by atoms with E-state index in [0.717, 1.165) is 0 Å². The van der Waals surface area contributed by atoms with Crippen LogP contribution in [0.3, 0.4) is 0 Å². The topological polar surface area (TPSA) is 146 Å². The second kappa shape index (κ2) is 7.30. The van der Waals surface area contributed by atoms with Crippen molar-refractivity contribution in [2.24, 2.45) is 0 Å². The minimum absolute atomic E-state index is 0.0215. The molecular formula is C12H19ClN6O5. The molecule has 24 heavy (non-hydrogen) atoms. The number of hydrogen-bond acceptors (Lipinski definition) is 7. The molecule has 2 heterocycles. The molecule has 2 atom stereocenters. The number of nitrogens with one attached hydrogen (secondary N) is 2. The quantitative estimate of drug-likeness (QED) is 0.398. The molecule has 1 saturated heterocycles. The Morgan fingerprint density at radius 3 is 2.96 bits per heavy atom. The summed E-state index contributed by atoms with van der Waals surface area (Å²) in [6, 6.07) is 0. The Bertz CT molecular complexity index is 621. The van der Waals surface area contributed by atoms with E-state index in [1.807, 2.05) is 4.90 Å². The number of piperazine rings is 1. The largest absolute Gasteiger partial charge is 0.465 e. The number of aromatic nitrogens is 2. The number of nitrogens with zero attached hydrogens (tertiary/aromatic N) is 4. The van der Waals surface area contributed by atoms with Crippen LogP contribution in [0.25, 0.3) is 0 Å². The first kappa shape index (κ1) is 18.4. The number of imidazole rings is 1. The Labute approximate surface area is 142 Å². The van der Waals surface area contributed by atoms with Gasteiger partial charge in [0.05, 0.1) is 18.3 Å². The molecule has 0 spiro atoms. The van der Waals surface area contributed by atoms with Gasteiger partial charge in [-0.3, -0.25) is 14.8 Å². The van der Waals surface area contributed by atoms with Crippen LogP contribution < -0.4 is 10.6 Å². The van der Waals surface area contributed by atoms with Crippen molar-refractivity contribution < 1.29 is 19.9 Å². The van der Waals surface area contributed by atoms with Gasteiger partial charge in [-0.25, -0.2) is 4.79 Å². The second-order valence-corrected chi connectivity index (χ2v) is 6.28. The van der Waals surface area contributed by atoms with Gasteiger partial charge in [-0.1, -0.05) is 0 Å². The highest BCUT2D eigenvalue weighted by Gasteiger charge is 2.30. The van der Waals surface area contributed by atoms with E-state index in [4.69, 9.17) is 16.7 Å². The summed E-state index contributed by atoms with van der Waals surface area (Å²) < 4.78 is 1.31. The third kappa shape index (κ3) is 5.03. The first-order valence-corrected chi connectivity index (χ1v) is 7.59. The molecule has 12 heteroatoms. The molecule has 0 bridgehead atoms. The first-order chi connectivity index (χ1) is 11.2. The summed E-state index contributed by atoms with van der Waals surface area (Å²) in [5.74, 6) is -0.385. The Hall–Kier alpha value is -1.95. The number of carbonyl (C=O) groups is 1. The van der Waals surface area contributed by atoms with Crippen LogP contribution >= 0.6 is 11.6 Å². The number of rotatable bonds is 6. The van der Waals surface area contributed by atoms with Crippen molar-refractivity contribution in [2.75, 3.05) is 26.2 Å².